The average molecular weight is 618 g/mol. The summed E-state index contributed by atoms with van der Waals surface area (Å²) in [5.74, 6) is 0.597. The predicted octanol–water partition coefficient (Wildman–Crippen LogP) is 12.7. The van der Waals surface area contributed by atoms with E-state index >= 15 is 4.39 Å². The lowest BCUT2D eigenvalue weighted by molar-refractivity contribution is 0.388. The van der Waals surface area contributed by atoms with Crippen molar-refractivity contribution in [3.63, 3.8) is 0 Å². The number of halogens is 1. The minimum Gasteiger partial charge on any atom is -0.252 e. The standard InChI is InChI=1S/C37H48FN3S2/c1-7-11-13-14-16-27(15-12-8-2)17-18-28-19-20-29(30(38)24-28)33-21-22-34(42-33)35-36(39-31(10-4)25(5)9-3)26(6)23-32-37(35)41-43-40-32/h19-24,27H,5,7-18H2,1-4,6H3. The first-order valence-electron chi connectivity index (χ1n) is 16.3. The molecule has 0 spiro atoms. The van der Waals surface area contributed by atoms with Gasteiger partial charge in [0.1, 0.15) is 16.9 Å². The molecule has 4 rings (SSSR count). The van der Waals surface area contributed by atoms with E-state index in [0.717, 1.165) is 86.1 Å². The normalized spacial score (nSPS) is 12.7. The van der Waals surface area contributed by atoms with Crippen LogP contribution in [0.5, 0.6) is 0 Å². The van der Waals surface area contributed by atoms with Gasteiger partial charge in [0.15, 0.2) is 0 Å². The number of aliphatic imine (C=N–C) groups is 1. The van der Waals surface area contributed by atoms with Gasteiger partial charge in [-0.05, 0) is 79.5 Å². The lowest BCUT2D eigenvalue weighted by atomic mass is 9.89. The van der Waals surface area contributed by atoms with Crippen molar-refractivity contribution in [3.05, 3.63) is 65.5 Å². The summed E-state index contributed by atoms with van der Waals surface area (Å²) in [4.78, 5) is 7.07. The molecule has 3 nitrogen and oxygen atoms in total. The van der Waals surface area contributed by atoms with E-state index in [0.29, 0.717) is 5.56 Å². The van der Waals surface area contributed by atoms with Crippen LogP contribution in [0, 0.1) is 18.7 Å². The number of nitrogens with zero attached hydrogens (tertiary/aromatic N) is 3. The minimum atomic E-state index is -0.144. The van der Waals surface area contributed by atoms with Crippen molar-refractivity contribution in [2.75, 3.05) is 0 Å². The van der Waals surface area contributed by atoms with Crippen LogP contribution in [-0.2, 0) is 6.42 Å². The Morgan fingerprint density at radius 1 is 0.884 bits per heavy atom. The molecule has 2 aromatic heterocycles. The molecule has 43 heavy (non-hydrogen) atoms. The van der Waals surface area contributed by atoms with E-state index < -0.39 is 0 Å². The Balaban J connectivity index is 1.59. The number of allylic oxidation sites excluding steroid dienone is 1. The second kappa shape index (κ2) is 16.4. The number of hydrogen-bond acceptors (Lipinski definition) is 5. The van der Waals surface area contributed by atoms with E-state index in [4.69, 9.17) is 4.99 Å². The van der Waals surface area contributed by atoms with E-state index in [9.17, 15) is 0 Å². The van der Waals surface area contributed by atoms with Gasteiger partial charge in [-0.2, -0.15) is 8.75 Å². The van der Waals surface area contributed by atoms with Gasteiger partial charge in [0.2, 0.25) is 0 Å². The highest BCUT2D eigenvalue weighted by Crippen LogP contribution is 2.45. The van der Waals surface area contributed by atoms with Crippen LogP contribution >= 0.6 is 23.1 Å². The maximum absolute atomic E-state index is 15.6. The van der Waals surface area contributed by atoms with E-state index in [2.05, 4.69) is 68.1 Å². The Hall–Kier alpha value is -2.70. The highest BCUT2D eigenvalue weighted by atomic mass is 32.1. The Kier molecular flexibility index (Phi) is 12.7. The van der Waals surface area contributed by atoms with Crippen LogP contribution in [0.3, 0.4) is 0 Å². The van der Waals surface area contributed by atoms with E-state index in [1.165, 1.54) is 63.1 Å². The van der Waals surface area contributed by atoms with Crippen molar-refractivity contribution in [2.24, 2.45) is 10.9 Å². The van der Waals surface area contributed by atoms with Crippen molar-refractivity contribution >= 4 is 45.5 Å². The number of thiophene rings is 1. The smallest absolute Gasteiger partial charge is 0.132 e. The molecule has 230 valence electrons. The fraction of sp³-hybridized carbons (Fsp3) is 0.486. The van der Waals surface area contributed by atoms with Crippen LogP contribution in [0.2, 0.25) is 0 Å². The lowest BCUT2D eigenvalue weighted by Gasteiger charge is -2.17. The number of aryl methyl sites for hydroxylation is 2. The first kappa shape index (κ1) is 33.2. The fourth-order valence-electron chi connectivity index (χ4n) is 5.86. The second-order valence-electron chi connectivity index (χ2n) is 11.8. The first-order chi connectivity index (χ1) is 20.9. The molecule has 1 unspecified atom stereocenters. The third-order valence-electron chi connectivity index (χ3n) is 8.56. The summed E-state index contributed by atoms with van der Waals surface area (Å²) in [5.41, 5.74) is 8.46. The summed E-state index contributed by atoms with van der Waals surface area (Å²) < 4.78 is 24.8. The molecule has 0 fully saturated rings. The highest BCUT2D eigenvalue weighted by Gasteiger charge is 2.20. The number of fused-ring (bicyclic) bond motifs is 1. The second-order valence-corrected chi connectivity index (χ2v) is 13.4. The molecule has 6 heteroatoms. The van der Waals surface area contributed by atoms with Gasteiger partial charge in [-0.3, -0.25) is 4.99 Å². The quantitative estimate of drug-likeness (QED) is 0.0873. The van der Waals surface area contributed by atoms with E-state index in [1.54, 1.807) is 17.4 Å². The molecule has 0 aliphatic carbocycles. The summed E-state index contributed by atoms with van der Waals surface area (Å²) >= 11 is 2.81. The molecule has 2 aromatic carbocycles. The fourth-order valence-corrected chi connectivity index (χ4v) is 7.47. The topological polar surface area (TPSA) is 38.1 Å². The molecule has 0 aliphatic heterocycles. The van der Waals surface area contributed by atoms with Crippen molar-refractivity contribution in [3.8, 4) is 20.9 Å². The van der Waals surface area contributed by atoms with Gasteiger partial charge in [0.25, 0.3) is 0 Å². The van der Waals surface area contributed by atoms with Gasteiger partial charge < -0.3 is 0 Å². The number of hydrogen-bond donors (Lipinski definition) is 0. The summed E-state index contributed by atoms with van der Waals surface area (Å²) in [6.45, 7) is 15.1. The lowest BCUT2D eigenvalue weighted by Crippen LogP contribution is -2.03. The molecular formula is C37H48FN3S2. The average Bonchev–Trinajstić information content (AvgIpc) is 3.68. The molecule has 0 saturated heterocycles. The Bertz CT molecular complexity index is 1530. The maximum atomic E-state index is 15.6. The summed E-state index contributed by atoms with van der Waals surface area (Å²) in [6, 6.07) is 12.0. The molecule has 0 amide bonds. The molecule has 0 aliphatic rings. The van der Waals surface area contributed by atoms with Gasteiger partial charge in [0, 0.05) is 26.6 Å². The van der Waals surface area contributed by atoms with Gasteiger partial charge >= 0.3 is 0 Å². The van der Waals surface area contributed by atoms with Crippen LogP contribution in [0.4, 0.5) is 10.1 Å². The van der Waals surface area contributed by atoms with Crippen molar-refractivity contribution < 1.29 is 4.39 Å². The summed E-state index contributed by atoms with van der Waals surface area (Å²) in [7, 11) is 0. The van der Waals surface area contributed by atoms with Crippen molar-refractivity contribution in [1.82, 2.24) is 8.75 Å². The third kappa shape index (κ3) is 8.48. The van der Waals surface area contributed by atoms with Crippen LogP contribution in [0.15, 0.2) is 53.5 Å². The molecule has 1 atom stereocenters. The highest BCUT2D eigenvalue weighted by molar-refractivity contribution is 7.19. The van der Waals surface area contributed by atoms with E-state index in [-0.39, 0.29) is 5.82 Å². The monoisotopic (exact) mass is 617 g/mol. The van der Waals surface area contributed by atoms with E-state index in [1.807, 2.05) is 12.1 Å². The van der Waals surface area contributed by atoms with Gasteiger partial charge in [-0.15, -0.1) is 11.3 Å². The molecule has 0 bridgehead atoms. The van der Waals surface area contributed by atoms with Gasteiger partial charge in [0.05, 0.1) is 17.4 Å². The van der Waals surface area contributed by atoms with Crippen LogP contribution < -0.4 is 0 Å². The van der Waals surface area contributed by atoms with Gasteiger partial charge in [-0.1, -0.05) is 97.8 Å². The largest absolute Gasteiger partial charge is 0.252 e. The van der Waals surface area contributed by atoms with Crippen molar-refractivity contribution in [1.29, 1.82) is 0 Å². The molecule has 0 saturated carbocycles. The third-order valence-corrected chi connectivity index (χ3v) is 10.2. The number of unbranched alkanes of at least 4 members (excludes halogenated alkanes) is 4. The van der Waals surface area contributed by atoms with Crippen LogP contribution in [0.25, 0.3) is 31.9 Å². The molecule has 0 N–H and O–H groups in total. The molecular weight excluding hydrogens is 570 g/mol. The molecule has 2 heterocycles. The maximum Gasteiger partial charge on any atom is 0.132 e. The zero-order valence-corrected chi connectivity index (χ0v) is 28.4. The molecule has 4 aromatic rings. The summed E-state index contributed by atoms with van der Waals surface area (Å²) in [5, 5.41) is 0. The predicted molar refractivity (Wildman–Crippen MR) is 188 cm³/mol. The zero-order valence-electron chi connectivity index (χ0n) is 26.8. The van der Waals surface area contributed by atoms with Gasteiger partial charge in [-0.25, -0.2) is 4.39 Å². The van der Waals surface area contributed by atoms with Crippen LogP contribution in [0.1, 0.15) is 109 Å². The first-order valence-corrected chi connectivity index (χ1v) is 17.8. The molecule has 0 radical (unpaired) electrons. The summed E-state index contributed by atoms with van der Waals surface area (Å²) in [6.07, 6.45) is 14.1. The number of benzene rings is 2. The van der Waals surface area contributed by atoms with Crippen LogP contribution in [-0.4, -0.2) is 14.5 Å². The minimum absolute atomic E-state index is 0.144. The number of aromatic nitrogens is 2. The Morgan fingerprint density at radius 2 is 1.65 bits per heavy atom. The van der Waals surface area contributed by atoms with Crippen molar-refractivity contribution in [2.45, 2.75) is 112 Å². The Labute approximate surface area is 266 Å². The Morgan fingerprint density at radius 3 is 2.37 bits per heavy atom. The zero-order chi connectivity index (χ0) is 30.8. The number of rotatable bonds is 17. The SMILES string of the molecule is C=C(CC)C(CC)=Nc1c(C)cc2nsnc2c1-c1ccc(-c2ccc(CCC(CCCC)CCCCCC)cc2F)s1.